The molecule has 2 rings (SSSR count). The van der Waals surface area contributed by atoms with Gasteiger partial charge in [-0.25, -0.2) is 0 Å². The van der Waals surface area contributed by atoms with Gasteiger partial charge in [-0.15, -0.1) is 0 Å². The van der Waals surface area contributed by atoms with Gasteiger partial charge in [0.25, 0.3) is 0 Å². The number of hydrogen-bond donors (Lipinski definition) is 2. The minimum Gasteiger partial charge on any atom is -0.490 e. The predicted octanol–water partition coefficient (Wildman–Crippen LogP) is 3.47. The fraction of sp³-hybridized carbons (Fsp3) is 0.350. The first-order chi connectivity index (χ1) is 12.2. The van der Waals surface area contributed by atoms with E-state index in [1.165, 1.54) is 0 Å². The van der Waals surface area contributed by atoms with Crippen LogP contribution in [0.15, 0.2) is 54.6 Å². The number of benzene rings is 2. The molecule has 1 unspecified atom stereocenters. The van der Waals surface area contributed by atoms with Crippen molar-refractivity contribution in [1.82, 2.24) is 5.32 Å². The zero-order chi connectivity index (χ0) is 17.9. The fourth-order valence-electron chi connectivity index (χ4n) is 2.12. The Balaban J connectivity index is 1.73. The fourth-order valence-corrected chi connectivity index (χ4v) is 2.12. The standard InChI is InChI=1S/C20H26N2O3/c1-3-16(2)21-15-20(23)22-17-8-7-11-19(14-17)25-13-12-24-18-9-5-4-6-10-18/h4-11,14,16,21H,3,12-13,15H2,1-2H3,(H,22,23). The van der Waals surface area contributed by atoms with E-state index in [9.17, 15) is 4.79 Å². The van der Waals surface area contributed by atoms with Gasteiger partial charge in [0.15, 0.2) is 0 Å². The number of amides is 1. The van der Waals surface area contributed by atoms with Crippen LogP contribution in [-0.2, 0) is 4.79 Å². The second-order valence-corrected chi connectivity index (χ2v) is 5.78. The lowest BCUT2D eigenvalue weighted by Crippen LogP contribution is -2.33. The van der Waals surface area contributed by atoms with Crippen LogP contribution in [0.25, 0.3) is 0 Å². The van der Waals surface area contributed by atoms with E-state index in [-0.39, 0.29) is 5.91 Å². The third-order valence-corrected chi connectivity index (χ3v) is 3.71. The second-order valence-electron chi connectivity index (χ2n) is 5.78. The Bertz CT molecular complexity index is 646. The maximum Gasteiger partial charge on any atom is 0.238 e. The smallest absolute Gasteiger partial charge is 0.238 e. The van der Waals surface area contributed by atoms with Crippen LogP contribution in [0.3, 0.4) is 0 Å². The first-order valence-corrected chi connectivity index (χ1v) is 8.61. The third kappa shape index (κ3) is 7.27. The number of para-hydroxylation sites is 1. The molecule has 134 valence electrons. The van der Waals surface area contributed by atoms with E-state index >= 15 is 0 Å². The summed E-state index contributed by atoms with van der Waals surface area (Å²) in [6.07, 6.45) is 0.988. The predicted molar refractivity (Wildman–Crippen MR) is 100 cm³/mol. The highest BCUT2D eigenvalue weighted by molar-refractivity contribution is 5.92. The van der Waals surface area contributed by atoms with Crippen LogP contribution in [0.4, 0.5) is 5.69 Å². The summed E-state index contributed by atoms with van der Waals surface area (Å²) < 4.78 is 11.3. The molecule has 0 spiro atoms. The molecule has 25 heavy (non-hydrogen) atoms. The normalized spacial score (nSPS) is 11.6. The number of anilines is 1. The maximum atomic E-state index is 11.9. The summed E-state index contributed by atoms with van der Waals surface area (Å²) >= 11 is 0. The van der Waals surface area contributed by atoms with E-state index in [1.807, 2.05) is 54.6 Å². The molecule has 0 fully saturated rings. The summed E-state index contributed by atoms with van der Waals surface area (Å²) in [5.41, 5.74) is 0.720. The maximum absolute atomic E-state index is 11.9. The lowest BCUT2D eigenvalue weighted by Gasteiger charge is -2.12. The Morgan fingerprint density at radius 3 is 2.40 bits per heavy atom. The summed E-state index contributed by atoms with van der Waals surface area (Å²) in [6.45, 7) is 5.32. The van der Waals surface area contributed by atoms with E-state index < -0.39 is 0 Å². The highest BCUT2D eigenvalue weighted by Gasteiger charge is 2.05. The van der Waals surface area contributed by atoms with Crippen LogP contribution in [0.1, 0.15) is 20.3 Å². The summed E-state index contributed by atoms with van der Waals surface area (Å²) in [5.74, 6) is 1.45. The number of rotatable bonds is 10. The molecule has 0 aliphatic carbocycles. The zero-order valence-corrected chi connectivity index (χ0v) is 14.8. The van der Waals surface area contributed by atoms with Gasteiger partial charge in [0.2, 0.25) is 5.91 Å². The highest BCUT2D eigenvalue weighted by Crippen LogP contribution is 2.17. The molecule has 2 N–H and O–H groups in total. The van der Waals surface area contributed by atoms with Crippen molar-refractivity contribution in [2.45, 2.75) is 26.3 Å². The van der Waals surface area contributed by atoms with Crippen LogP contribution in [0.5, 0.6) is 11.5 Å². The van der Waals surface area contributed by atoms with Gasteiger partial charge < -0.3 is 20.1 Å². The molecule has 1 amide bonds. The van der Waals surface area contributed by atoms with Gasteiger partial charge in [-0.05, 0) is 37.6 Å². The van der Waals surface area contributed by atoms with Crippen LogP contribution in [0, 0.1) is 0 Å². The van der Waals surface area contributed by atoms with Crippen LogP contribution in [-0.4, -0.2) is 31.7 Å². The number of ether oxygens (including phenoxy) is 2. The van der Waals surface area contributed by atoms with Gasteiger partial charge in [-0.3, -0.25) is 4.79 Å². The summed E-state index contributed by atoms with van der Waals surface area (Å²) in [7, 11) is 0. The molecular formula is C20H26N2O3. The van der Waals surface area contributed by atoms with Gasteiger partial charge in [0, 0.05) is 17.8 Å². The first kappa shape index (κ1) is 18.8. The summed E-state index contributed by atoms with van der Waals surface area (Å²) in [4.78, 5) is 11.9. The minimum atomic E-state index is -0.0649. The lowest BCUT2D eigenvalue weighted by atomic mass is 10.2. The van der Waals surface area contributed by atoms with Crippen molar-refractivity contribution in [2.24, 2.45) is 0 Å². The molecule has 0 heterocycles. The Morgan fingerprint density at radius 1 is 1.00 bits per heavy atom. The Kier molecular flexibility index (Phi) is 7.79. The molecule has 2 aromatic carbocycles. The van der Waals surface area contributed by atoms with Crippen molar-refractivity contribution in [2.75, 3.05) is 25.1 Å². The molecule has 0 saturated carbocycles. The average molecular weight is 342 g/mol. The van der Waals surface area contributed by atoms with Crippen molar-refractivity contribution >= 4 is 11.6 Å². The number of hydrogen-bond acceptors (Lipinski definition) is 4. The molecular weight excluding hydrogens is 316 g/mol. The SMILES string of the molecule is CCC(C)NCC(=O)Nc1cccc(OCCOc2ccccc2)c1. The number of nitrogens with one attached hydrogen (secondary N) is 2. The Hall–Kier alpha value is -2.53. The van der Waals surface area contributed by atoms with E-state index in [2.05, 4.69) is 24.5 Å². The largest absolute Gasteiger partial charge is 0.490 e. The molecule has 2 aromatic rings. The van der Waals surface area contributed by atoms with Crippen molar-refractivity contribution in [3.05, 3.63) is 54.6 Å². The summed E-state index contributed by atoms with van der Waals surface area (Å²) in [6, 6.07) is 17.3. The first-order valence-electron chi connectivity index (χ1n) is 8.61. The molecule has 0 radical (unpaired) electrons. The monoisotopic (exact) mass is 342 g/mol. The molecule has 0 aliphatic rings. The van der Waals surface area contributed by atoms with Gasteiger partial charge in [0.05, 0.1) is 6.54 Å². The van der Waals surface area contributed by atoms with Gasteiger partial charge >= 0.3 is 0 Å². The number of carbonyl (C=O) groups excluding carboxylic acids is 1. The van der Waals surface area contributed by atoms with Crippen LogP contribution in [0.2, 0.25) is 0 Å². The second kappa shape index (κ2) is 10.4. The quantitative estimate of drug-likeness (QED) is 0.649. The number of carbonyl (C=O) groups is 1. The topological polar surface area (TPSA) is 59.6 Å². The average Bonchev–Trinajstić information content (AvgIpc) is 2.64. The van der Waals surface area contributed by atoms with E-state index in [0.717, 1.165) is 17.9 Å². The van der Waals surface area contributed by atoms with Gasteiger partial charge in [0.1, 0.15) is 24.7 Å². The Morgan fingerprint density at radius 2 is 1.68 bits per heavy atom. The van der Waals surface area contributed by atoms with Crippen LogP contribution >= 0.6 is 0 Å². The molecule has 0 aliphatic heterocycles. The van der Waals surface area contributed by atoms with Crippen LogP contribution < -0.4 is 20.1 Å². The third-order valence-electron chi connectivity index (χ3n) is 3.71. The molecule has 0 bridgehead atoms. The van der Waals surface area contributed by atoms with E-state index in [1.54, 1.807) is 0 Å². The van der Waals surface area contributed by atoms with E-state index in [0.29, 0.717) is 31.5 Å². The molecule has 5 nitrogen and oxygen atoms in total. The summed E-state index contributed by atoms with van der Waals surface area (Å²) in [5, 5.41) is 6.03. The Labute approximate surface area is 149 Å². The zero-order valence-electron chi connectivity index (χ0n) is 14.8. The van der Waals surface area contributed by atoms with Crippen molar-refractivity contribution in [3.8, 4) is 11.5 Å². The van der Waals surface area contributed by atoms with Crippen molar-refractivity contribution in [3.63, 3.8) is 0 Å². The highest BCUT2D eigenvalue weighted by atomic mass is 16.5. The molecule has 0 aromatic heterocycles. The minimum absolute atomic E-state index is 0.0649. The van der Waals surface area contributed by atoms with E-state index in [4.69, 9.17) is 9.47 Å². The molecule has 1 atom stereocenters. The molecule has 0 saturated heterocycles. The molecule has 5 heteroatoms. The van der Waals surface area contributed by atoms with Crippen molar-refractivity contribution in [1.29, 1.82) is 0 Å². The van der Waals surface area contributed by atoms with Gasteiger partial charge in [-0.1, -0.05) is 31.2 Å². The van der Waals surface area contributed by atoms with Crippen molar-refractivity contribution < 1.29 is 14.3 Å². The lowest BCUT2D eigenvalue weighted by molar-refractivity contribution is -0.115. The van der Waals surface area contributed by atoms with Gasteiger partial charge in [-0.2, -0.15) is 0 Å².